The Morgan fingerprint density at radius 3 is 2.88 bits per heavy atom. The Bertz CT molecular complexity index is 428. The van der Waals surface area contributed by atoms with Crippen LogP contribution in [0.3, 0.4) is 0 Å². The third kappa shape index (κ3) is 2.50. The van der Waals surface area contributed by atoms with Crippen molar-refractivity contribution in [3.8, 4) is 0 Å². The molecule has 0 aliphatic carbocycles. The summed E-state index contributed by atoms with van der Waals surface area (Å²) in [6.07, 6.45) is 1.90. The van der Waals surface area contributed by atoms with Crippen LogP contribution in [0.1, 0.15) is 35.4 Å². The van der Waals surface area contributed by atoms with Crippen LogP contribution >= 0.6 is 0 Å². The van der Waals surface area contributed by atoms with Crippen molar-refractivity contribution in [2.24, 2.45) is 5.73 Å². The first-order valence-corrected chi connectivity index (χ1v) is 6.18. The van der Waals surface area contributed by atoms with Gasteiger partial charge in [-0.1, -0.05) is 18.2 Å². The molecule has 1 aromatic carbocycles. The molecule has 0 bridgehead atoms. The number of hydrogen-bond donors (Lipinski definition) is 2. The summed E-state index contributed by atoms with van der Waals surface area (Å²) in [5.41, 5.74) is 9.41. The van der Waals surface area contributed by atoms with Crippen molar-refractivity contribution in [2.75, 3.05) is 6.54 Å². The van der Waals surface area contributed by atoms with Crippen molar-refractivity contribution >= 4 is 5.91 Å². The fourth-order valence-corrected chi connectivity index (χ4v) is 2.63. The van der Waals surface area contributed by atoms with Crippen LogP contribution in [-0.4, -0.2) is 18.5 Å². The predicted molar refractivity (Wildman–Crippen MR) is 68.9 cm³/mol. The van der Waals surface area contributed by atoms with Gasteiger partial charge in [0.05, 0.1) is 6.04 Å². The fraction of sp³-hybridized carbons (Fsp3) is 0.500. The van der Waals surface area contributed by atoms with Gasteiger partial charge in [0, 0.05) is 0 Å². The van der Waals surface area contributed by atoms with Crippen molar-refractivity contribution in [1.82, 2.24) is 5.32 Å². The molecule has 1 saturated heterocycles. The number of aryl methyl sites for hydroxylation is 1. The van der Waals surface area contributed by atoms with Crippen LogP contribution in [0.25, 0.3) is 0 Å². The molecular weight excluding hydrogens is 212 g/mol. The highest BCUT2D eigenvalue weighted by Gasteiger charge is 2.26. The van der Waals surface area contributed by atoms with Crippen molar-refractivity contribution in [1.29, 1.82) is 0 Å². The normalized spacial score (nSPS) is 24.6. The number of nitrogens with two attached hydrogens (primary N) is 1. The summed E-state index contributed by atoms with van der Waals surface area (Å²) in [7, 11) is 0. The zero-order valence-corrected chi connectivity index (χ0v) is 10.5. The molecule has 2 unspecified atom stereocenters. The number of hydrogen-bond acceptors (Lipinski definition) is 2. The number of primary amides is 1. The molecule has 1 amide bonds. The molecular formula is C14H20N2O. The van der Waals surface area contributed by atoms with Crippen molar-refractivity contribution < 1.29 is 4.79 Å². The summed E-state index contributed by atoms with van der Waals surface area (Å²) in [6.45, 7) is 5.16. The van der Waals surface area contributed by atoms with Gasteiger partial charge in [0.2, 0.25) is 5.91 Å². The lowest BCUT2D eigenvalue weighted by Crippen LogP contribution is -2.46. The molecule has 3 heteroatoms. The molecule has 0 aromatic heterocycles. The number of nitrogens with one attached hydrogen (secondary N) is 1. The highest BCUT2D eigenvalue weighted by atomic mass is 16.1. The van der Waals surface area contributed by atoms with E-state index in [1.54, 1.807) is 0 Å². The summed E-state index contributed by atoms with van der Waals surface area (Å²) in [5.74, 6) is 0.216. The number of rotatable bonds is 2. The number of piperidine rings is 1. The summed E-state index contributed by atoms with van der Waals surface area (Å²) in [6, 6.07) is 6.23. The van der Waals surface area contributed by atoms with Crippen LogP contribution in [-0.2, 0) is 4.79 Å². The van der Waals surface area contributed by atoms with Gasteiger partial charge >= 0.3 is 0 Å². The molecule has 0 radical (unpaired) electrons. The molecule has 3 N–H and O–H groups in total. The van der Waals surface area contributed by atoms with E-state index >= 15 is 0 Å². The van der Waals surface area contributed by atoms with E-state index in [9.17, 15) is 4.79 Å². The summed E-state index contributed by atoms with van der Waals surface area (Å²) in [5, 5.41) is 3.18. The standard InChI is InChI=1S/C14H20N2O/c1-9-4-3-5-12(10(9)2)11-6-7-16-13(8-11)14(15)17/h3-5,11,13,16H,6-8H2,1-2H3,(H2,15,17). The Labute approximate surface area is 102 Å². The first kappa shape index (κ1) is 12.1. The maximum Gasteiger partial charge on any atom is 0.234 e. The topological polar surface area (TPSA) is 55.1 Å². The lowest BCUT2D eigenvalue weighted by atomic mass is 9.83. The van der Waals surface area contributed by atoms with E-state index in [0.29, 0.717) is 5.92 Å². The first-order chi connectivity index (χ1) is 8.09. The van der Waals surface area contributed by atoms with Gasteiger partial charge in [0.1, 0.15) is 0 Å². The molecule has 1 aliphatic heterocycles. The number of carbonyl (C=O) groups excluding carboxylic acids is 1. The number of carbonyl (C=O) groups is 1. The van der Waals surface area contributed by atoms with E-state index < -0.39 is 0 Å². The zero-order valence-electron chi connectivity index (χ0n) is 10.5. The van der Waals surface area contributed by atoms with E-state index in [1.165, 1.54) is 16.7 Å². The molecule has 92 valence electrons. The largest absolute Gasteiger partial charge is 0.368 e. The molecule has 17 heavy (non-hydrogen) atoms. The van der Waals surface area contributed by atoms with E-state index in [2.05, 4.69) is 37.4 Å². The summed E-state index contributed by atoms with van der Waals surface area (Å²) >= 11 is 0. The molecule has 0 saturated carbocycles. The van der Waals surface area contributed by atoms with Crippen LogP contribution < -0.4 is 11.1 Å². The van der Waals surface area contributed by atoms with Gasteiger partial charge in [0.15, 0.2) is 0 Å². The van der Waals surface area contributed by atoms with Crippen molar-refractivity contribution in [2.45, 2.75) is 38.6 Å². The Kier molecular flexibility index (Phi) is 3.48. The van der Waals surface area contributed by atoms with Crippen LogP contribution in [0.2, 0.25) is 0 Å². The molecule has 1 aliphatic rings. The van der Waals surface area contributed by atoms with E-state index in [0.717, 1.165) is 19.4 Å². The Hall–Kier alpha value is -1.35. The highest BCUT2D eigenvalue weighted by Crippen LogP contribution is 2.30. The first-order valence-electron chi connectivity index (χ1n) is 6.18. The van der Waals surface area contributed by atoms with Gasteiger partial charge in [-0.3, -0.25) is 4.79 Å². The van der Waals surface area contributed by atoms with Gasteiger partial charge in [0.25, 0.3) is 0 Å². The molecule has 1 heterocycles. The van der Waals surface area contributed by atoms with Gasteiger partial charge < -0.3 is 11.1 Å². The second kappa shape index (κ2) is 4.88. The van der Waals surface area contributed by atoms with Gasteiger partial charge in [-0.25, -0.2) is 0 Å². The predicted octanol–water partition coefficient (Wildman–Crippen LogP) is 1.62. The molecule has 0 spiro atoms. The lowest BCUT2D eigenvalue weighted by molar-refractivity contribution is -0.120. The van der Waals surface area contributed by atoms with E-state index in [1.807, 2.05) is 0 Å². The molecule has 2 rings (SSSR count). The third-order valence-electron chi connectivity index (χ3n) is 3.83. The van der Waals surface area contributed by atoms with Gasteiger partial charge in [-0.2, -0.15) is 0 Å². The van der Waals surface area contributed by atoms with Crippen LogP contribution in [0.4, 0.5) is 0 Å². The summed E-state index contributed by atoms with van der Waals surface area (Å²) < 4.78 is 0. The van der Waals surface area contributed by atoms with Crippen molar-refractivity contribution in [3.63, 3.8) is 0 Å². The van der Waals surface area contributed by atoms with Crippen LogP contribution in [0.15, 0.2) is 18.2 Å². The Balaban J connectivity index is 2.22. The molecule has 2 atom stereocenters. The SMILES string of the molecule is Cc1cccc(C2CCNC(C(N)=O)C2)c1C. The van der Waals surface area contributed by atoms with E-state index in [4.69, 9.17) is 5.73 Å². The fourth-order valence-electron chi connectivity index (χ4n) is 2.63. The number of benzene rings is 1. The molecule has 1 aromatic rings. The van der Waals surface area contributed by atoms with Crippen LogP contribution in [0.5, 0.6) is 0 Å². The number of amides is 1. The van der Waals surface area contributed by atoms with Gasteiger partial charge in [-0.15, -0.1) is 0 Å². The third-order valence-corrected chi connectivity index (χ3v) is 3.83. The van der Waals surface area contributed by atoms with Gasteiger partial charge in [-0.05, 0) is 55.8 Å². The minimum atomic E-state index is -0.236. The second-order valence-corrected chi connectivity index (χ2v) is 4.92. The molecule has 3 nitrogen and oxygen atoms in total. The van der Waals surface area contributed by atoms with E-state index in [-0.39, 0.29) is 11.9 Å². The highest BCUT2D eigenvalue weighted by molar-refractivity contribution is 5.80. The maximum atomic E-state index is 11.2. The Morgan fingerprint density at radius 2 is 2.18 bits per heavy atom. The average molecular weight is 232 g/mol. The zero-order chi connectivity index (χ0) is 12.4. The minimum absolute atomic E-state index is 0.173. The maximum absolute atomic E-state index is 11.2. The second-order valence-electron chi connectivity index (χ2n) is 4.92. The summed E-state index contributed by atoms with van der Waals surface area (Å²) in [4.78, 5) is 11.2. The van der Waals surface area contributed by atoms with Crippen LogP contribution in [0, 0.1) is 13.8 Å². The smallest absolute Gasteiger partial charge is 0.234 e. The monoisotopic (exact) mass is 232 g/mol. The minimum Gasteiger partial charge on any atom is -0.368 e. The Morgan fingerprint density at radius 1 is 1.41 bits per heavy atom. The average Bonchev–Trinajstić information content (AvgIpc) is 2.33. The van der Waals surface area contributed by atoms with Crippen molar-refractivity contribution in [3.05, 3.63) is 34.9 Å². The lowest BCUT2D eigenvalue weighted by Gasteiger charge is -2.30. The quantitative estimate of drug-likeness (QED) is 0.814. The molecule has 1 fully saturated rings.